The minimum absolute atomic E-state index is 0.0921. The zero-order valence-electron chi connectivity index (χ0n) is 20.5. The Morgan fingerprint density at radius 1 is 1.00 bits per heavy atom. The molecule has 0 amide bonds. The first-order valence-corrected chi connectivity index (χ1v) is 11.4. The van der Waals surface area contributed by atoms with E-state index in [1.165, 1.54) is 25.5 Å². The molecule has 0 aliphatic rings. The van der Waals surface area contributed by atoms with Crippen LogP contribution in [0.4, 0.5) is 4.39 Å². The zero-order valence-corrected chi connectivity index (χ0v) is 20.5. The molecule has 0 spiro atoms. The lowest BCUT2D eigenvalue weighted by Crippen LogP contribution is -2.13. The summed E-state index contributed by atoms with van der Waals surface area (Å²) in [7, 11) is 1.44. The fraction of sp³-hybridized carbons (Fsp3) is 0.214. The molecule has 0 saturated heterocycles. The number of rotatable bonds is 12. The summed E-state index contributed by atoms with van der Waals surface area (Å²) >= 11 is 0. The van der Waals surface area contributed by atoms with Gasteiger partial charge >= 0.3 is 5.97 Å². The molecule has 0 N–H and O–H groups in total. The van der Waals surface area contributed by atoms with E-state index < -0.39 is 11.9 Å². The van der Waals surface area contributed by atoms with Crippen LogP contribution in [0, 0.1) is 17.1 Å². The fourth-order valence-corrected chi connectivity index (χ4v) is 3.26. The quantitative estimate of drug-likeness (QED) is 0.187. The van der Waals surface area contributed by atoms with Crippen LogP contribution in [-0.2, 0) is 21.1 Å². The van der Waals surface area contributed by atoms with Crippen molar-refractivity contribution in [3.05, 3.63) is 95.3 Å². The number of nitrogens with zero attached hydrogens (tertiary/aromatic N) is 3. The third-order valence-corrected chi connectivity index (χ3v) is 5.15. The Bertz CT molecular complexity index is 1250. The summed E-state index contributed by atoms with van der Waals surface area (Å²) in [6.07, 6.45) is 1.26. The van der Waals surface area contributed by atoms with E-state index in [0.29, 0.717) is 34.9 Å². The van der Waals surface area contributed by atoms with Crippen molar-refractivity contribution in [3.8, 4) is 17.6 Å². The molecule has 1 unspecified atom stereocenters. The monoisotopic (exact) mass is 503 g/mol. The van der Waals surface area contributed by atoms with Crippen molar-refractivity contribution in [1.82, 2.24) is 0 Å². The highest BCUT2D eigenvalue weighted by atomic mass is 19.1. The van der Waals surface area contributed by atoms with E-state index in [-0.39, 0.29) is 18.8 Å². The van der Waals surface area contributed by atoms with Crippen LogP contribution >= 0.6 is 0 Å². The van der Waals surface area contributed by atoms with Crippen LogP contribution in [0.5, 0.6) is 11.5 Å². The van der Waals surface area contributed by atoms with Crippen molar-refractivity contribution in [2.24, 2.45) is 10.3 Å². The molecule has 190 valence electrons. The normalized spacial score (nSPS) is 12.0. The van der Waals surface area contributed by atoms with Crippen LogP contribution in [0.3, 0.4) is 0 Å². The Labute approximate surface area is 214 Å². The van der Waals surface area contributed by atoms with E-state index in [1.807, 2.05) is 24.3 Å². The summed E-state index contributed by atoms with van der Waals surface area (Å²) in [5, 5.41) is 16.8. The smallest absolute Gasteiger partial charge is 0.336 e. The summed E-state index contributed by atoms with van der Waals surface area (Å²) in [4.78, 5) is 21.3. The number of hydrogen-bond donors (Lipinski definition) is 0. The molecular weight excluding hydrogens is 477 g/mol. The van der Waals surface area contributed by atoms with Gasteiger partial charge in [-0.15, -0.1) is 0 Å². The maximum absolute atomic E-state index is 13.2. The van der Waals surface area contributed by atoms with Crippen LogP contribution < -0.4 is 9.47 Å². The van der Waals surface area contributed by atoms with Gasteiger partial charge in [0.05, 0.1) is 18.4 Å². The van der Waals surface area contributed by atoms with Crippen LogP contribution in [0.15, 0.2) is 83.1 Å². The summed E-state index contributed by atoms with van der Waals surface area (Å²) in [6.45, 7) is 2.10. The molecule has 9 heteroatoms. The topological polar surface area (TPSA) is 102 Å². The number of nitriles is 1. The van der Waals surface area contributed by atoms with Gasteiger partial charge in [0.2, 0.25) is 0 Å². The van der Waals surface area contributed by atoms with Gasteiger partial charge in [-0.05, 0) is 66.6 Å². The minimum atomic E-state index is -0.640. The standard InChI is InChI=1S/C28H26FN3O5/c1-3-31-37-28(33)16-23(17-30)21-8-14-26(15-9-21)35-18-20-4-12-25(13-5-20)36-19-27(32-34-2)22-6-10-24(29)11-7-22/h3-15,23H,16,18-19H2,1-2H3/b31-3+,32-27+. The lowest BCUT2D eigenvalue weighted by molar-refractivity contribution is -0.143. The number of oxime groups is 2. The predicted molar refractivity (Wildman–Crippen MR) is 136 cm³/mol. The third kappa shape index (κ3) is 8.47. The van der Waals surface area contributed by atoms with E-state index in [4.69, 9.17) is 14.3 Å². The second-order valence-electron chi connectivity index (χ2n) is 7.73. The fourth-order valence-electron chi connectivity index (χ4n) is 3.26. The molecule has 3 aromatic carbocycles. The van der Waals surface area contributed by atoms with Crippen LogP contribution in [0.1, 0.15) is 36.0 Å². The molecule has 3 rings (SSSR count). The SMILES string of the molecule is C/C=N/OC(=O)CC(C#N)c1ccc(OCc2ccc(OC/C(=N\OC)c3ccc(F)cc3)cc2)cc1. The van der Waals surface area contributed by atoms with Crippen molar-refractivity contribution in [2.75, 3.05) is 13.7 Å². The third-order valence-electron chi connectivity index (χ3n) is 5.15. The van der Waals surface area contributed by atoms with Gasteiger partial charge in [-0.1, -0.05) is 34.6 Å². The zero-order chi connectivity index (χ0) is 26.5. The number of carbonyl (C=O) groups excluding carboxylic acids is 1. The number of halogens is 1. The number of carbonyl (C=O) groups is 1. The Hall–Kier alpha value is -4.71. The highest BCUT2D eigenvalue weighted by molar-refractivity contribution is 6.01. The van der Waals surface area contributed by atoms with E-state index in [0.717, 1.165) is 5.56 Å². The molecule has 3 aromatic rings. The summed E-state index contributed by atoms with van der Waals surface area (Å²) < 4.78 is 24.8. The first-order chi connectivity index (χ1) is 18.0. The van der Waals surface area contributed by atoms with Crippen molar-refractivity contribution in [3.63, 3.8) is 0 Å². The van der Waals surface area contributed by atoms with Crippen molar-refractivity contribution in [1.29, 1.82) is 5.26 Å². The van der Waals surface area contributed by atoms with Gasteiger partial charge < -0.3 is 19.1 Å². The highest BCUT2D eigenvalue weighted by Crippen LogP contribution is 2.23. The highest BCUT2D eigenvalue weighted by Gasteiger charge is 2.17. The molecule has 1 atom stereocenters. The van der Waals surface area contributed by atoms with Crippen molar-refractivity contribution >= 4 is 17.9 Å². The molecule has 8 nitrogen and oxygen atoms in total. The van der Waals surface area contributed by atoms with E-state index in [9.17, 15) is 14.4 Å². The van der Waals surface area contributed by atoms with E-state index >= 15 is 0 Å². The van der Waals surface area contributed by atoms with E-state index in [1.54, 1.807) is 43.3 Å². The van der Waals surface area contributed by atoms with Gasteiger partial charge in [0.1, 0.15) is 43.4 Å². The van der Waals surface area contributed by atoms with Crippen molar-refractivity contribution < 1.29 is 28.3 Å². The second kappa shape index (κ2) is 14.0. The maximum Gasteiger partial charge on any atom is 0.336 e. The summed E-state index contributed by atoms with van der Waals surface area (Å²) in [6, 6.07) is 22.4. The lowest BCUT2D eigenvalue weighted by atomic mass is 9.97. The predicted octanol–water partition coefficient (Wildman–Crippen LogP) is 5.38. The lowest BCUT2D eigenvalue weighted by Gasteiger charge is -2.11. The summed E-state index contributed by atoms with van der Waals surface area (Å²) in [5.74, 6) is -0.293. The van der Waals surface area contributed by atoms with Crippen molar-refractivity contribution in [2.45, 2.75) is 25.9 Å². The van der Waals surface area contributed by atoms with Gasteiger partial charge in [-0.3, -0.25) is 0 Å². The molecule has 0 bridgehead atoms. The Morgan fingerprint density at radius 3 is 2.27 bits per heavy atom. The molecule has 0 aliphatic heterocycles. The average Bonchev–Trinajstić information content (AvgIpc) is 2.93. The summed E-state index contributed by atoms with van der Waals surface area (Å²) in [5.41, 5.74) is 2.84. The number of hydrogen-bond acceptors (Lipinski definition) is 8. The molecule has 0 aliphatic carbocycles. The molecule has 0 saturated carbocycles. The van der Waals surface area contributed by atoms with Gasteiger partial charge in [0.25, 0.3) is 0 Å². The Balaban J connectivity index is 1.51. The largest absolute Gasteiger partial charge is 0.489 e. The Kier molecular flexibility index (Phi) is 10.2. The number of benzene rings is 3. The first-order valence-electron chi connectivity index (χ1n) is 11.4. The molecular formula is C28H26FN3O5. The average molecular weight is 504 g/mol. The molecule has 0 fully saturated rings. The maximum atomic E-state index is 13.2. The van der Waals surface area contributed by atoms with Crippen LogP contribution in [0.2, 0.25) is 0 Å². The van der Waals surface area contributed by atoms with Gasteiger partial charge in [-0.25, -0.2) is 9.18 Å². The number of ether oxygens (including phenoxy) is 2. The van der Waals surface area contributed by atoms with Gasteiger partial charge in [0.15, 0.2) is 0 Å². The minimum Gasteiger partial charge on any atom is -0.489 e. The first kappa shape index (κ1) is 26.9. The molecule has 0 radical (unpaired) electrons. The molecule has 37 heavy (non-hydrogen) atoms. The Morgan fingerprint density at radius 2 is 1.65 bits per heavy atom. The van der Waals surface area contributed by atoms with Gasteiger partial charge in [0, 0.05) is 11.8 Å². The van der Waals surface area contributed by atoms with Gasteiger partial charge in [-0.2, -0.15) is 5.26 Å². The van der Waals surface area contributed by atoms with Crippen LogP contribution in [-0.4, -0.2) is 31.6 Å². The molecule has 0 aromatic heterocycles. The molecule has 0 heterocycles. The van der Waals surface area contributed by atoms with Crippen LogP contribution in [0.25, 0.3) is 0 Å². The second-order valence-corrected chi connectivity index (χ2v) is 7.73. The van der Waals surface area contributed by atoms with E-state index in [2.05, 4.69) is 21.2 Å².